The molecule has 0 aromatic rings. The molecule has 0 bridgehead atoms. The maximum Gasteiger partial charge on any atom is 0.0101 e. The Kier molecular flexibility index (Phi) is 9.57. The molecule has 0 rings (SSSR count). The number of likely N-dealkylation sites (N-methyl/N-ethyl adjacent to an activating group) is 1. The highest BCUT2D eigenvalue weighted by Gasteiger charge is 1.90. The lowest BCUT2D eigenvalue weighted by atomic mass is 10.5. The molecule has 3 heteroatoms. The van der Waals surface area contributed by atoms with Gasteiger partial charge >= 0.3 is 0 Å². The van der Waals surface area contributed by atoms with E-state index >= 15 is 0 Å². The summed E-state index contributed by atoms with van der Waals surface area (Å²) in [7, 11) is 4.21. The Morgan fingerprint density at radius 2 is 1.92 bits per heavy atom. The van der Waals surface area contributed by atoms with Crippen molar-refractivity contribution in [3.05, 3.63) is 0 Å². The first-order valence-electron chi connectivity index (χ1n) is 4.70. The Morgan fingerprint density at radius 1 is 1.17 bits per heavy atom. The number of nitrogens with one attached hydrogen (secondary N) is 1. The predicted octanol–water partition coefficient (Wildman–Crippen LogP) is 1.28. The second-order valence-corrected chi connectivity index (χ2v) is 4.39. The summed E-state index contributed by atoms with van der Waals surface area (Å²) in [6.45, 7) is 5.63. The zero-order chi connectivity index (χ0) is 9.23. The van der Waals surface area contributed by atoms with Gasteiger partial charge in [-0.15, -0.1) is 0 Å². The van der Waals surface area contributed by atoms with Crippen molar-refractivity contribution >= 4 is 11.8 Å². The molecule has 0 unspecified atom stereocenters. The summed E-state index contributed by atoms with van der Waals surface area (Å²) in [6.07, 6.45) is 1.29. The lowest BCUT2D eigenvalue weighted by Crippen LogP contribution is -2.28. The van der Waals surface area contributed by atoms with Crippen molar-refractivity contribution < 1.29 is 0 Å². The van der Waals surface area contributed by atoms with Crippen molar-refractivity contribution in [3.63, 3.8) is 0 Å². The number of hydrogen-bond donors (Lipinski definition) is 1. The molecule has 0 saturated carbocycles. The van der Waals surface area contributed by atoms with Crippen molar-refractivity contribution in [2.45, 2.75) is 13.3 Å². The Balaban J connectivity index is 2.82. The molecular weight excluding hydrogens is 168 g/mol. The van der Waals surface area contributed by atoms with E-state index in [0.717, 1.165) is 19.6 Å². The van der Waals surface area contributed by atoms with Gasteiger partial charge in [-0.25, -0.2) is 0 Å². The van der Waals surface area contributed by atoms with E-state index in [1.54, 1.807) is 0 Å². The zero-order valence-corrected chi connectivity index (χ0v) is 9.41. The first-order chi connectivity index (χ1) is 5.77. The molecule has 0 aromatic heterocycles. The van der Waals surface area contributed by atoms with E-state index < -0.39 is 0 Å². The van der Waals surface area contributed by atoms with E-state index in [0.29, 0.717) is 0 Å². The molecule has 1 N–H and O–H groups in total. The third kappa shape index (κ3) is 10.3. The Hall–Kier alpha value is 0.270. The summed E-state index contributed by atoms with van der Waals surface area (Å²) in [5.41, 5.74) is 0. The van der Waals surface area contributed by atoms with Gasteiger partial charge in [-0.1, -0.05) is 6.92 Å². The molecule has 0 aliphatic rings. The molecule has 0 fully saturated rings. The minimum Gasteiger partial charge on any atom is -0.315 e. The highest BCUT2D eigenvalue weighted by Crippen LogP contribution is 1.99. The molecule has 2 nitrogen and oxygen atoms in total. The summed E-state index contributed by atoms with van der Waals surface area (Å²) in [5.74, 6) is 2.55. The standard InChI is InChI=1S/C9H22N2S/c1-4-8-12-9-6-10-5-7-11(2)3/h10H,4-9H2,1-3H3. The van der Waals surface area contributed by atoms with Crippen molar-refractivity contribution in [3.8, 4) is 0 Å². The van der Waals surface area contributed by atoms with Crippen LogP contribution in [0.1, 0.15) is 13.3 Å². The van der Waals surface area contributed by atoms with Crippen molar-refractivity contribution in [1.29, 1.82) is 0 Å². The maximum absolute atomic E-state index is 3.41. The van der Waals surface area contributed by atoms with Gasteiger partial charge in [-0.05, 0) is 26.3 Å². The van der Waals surface area contributed by atoms with Gasteiger partial charge in [0.15, 0.2) is 0 Å². The van der Waals surface area contributed by atoms with Crippen LogP contribution in [0.2, 0.25) is 0 Å². The second-order valence-electron chi connectivity index (χ2n) is 3.17. The van der Waals surface area contributed by atoms with Crippen LogP contribution in [0.25, 0.3) is 0 Å². The molecule has 0 aliphatic carbocycles. The van der Waals surface area contributed by atoms with Gasteiger partial charge in [0.25, 0.3) is 0 Å². The van der Waals surface area contributed by atoms with E-state index in [1.807, 2.05) is 11.8 Å². The van der Waals surface area contributed by atoms with Gasteiger partial charge in [-0.2, -0.15) is 11.8 Å². The molecule has 0 spiro atoms. The second kappa shape index (κ2) is 9.36. The monoisotopic (exact) mass is 190 g/mol. The zero-order valence-electron chi connectivity index (χ0n) is 8.60. The van der Waals surface area contributed by atoms with E-state index in [4.69, 9.17) is 0 Å². The van der Waals surface area contributed by atoms with Crippen LogP contribution in [0, 0.1) is 0 Å². The van der Waals surface area contributed by atoms with Crippen LogP contribution in [-0.2, 0) is 0 Å². The van der Waals surface area contributed by atoms with Crippen molar-refractivity contribution in [1.82, 2.24) is 10.2 Å². The summed E-state index contributed by atoms with van der Waals surface area (Å²) in [4.78, 5) is 2.20. The predicted molar refractivity (Wildman–Crippen MR) is 59.0 cm³/mol. The maximum atomic E-state index is 3.41. The average molecular weight is 190 g/mol. The SMILES string of the molecule is CCCSCCNCCN(C)C. The van der Waals surface area contributed by atoms with E-state index in [-0.39, 0.29) is 0 Å². The van der Waals surface area contributed by atoms with Gasteiger partial charge in [0.05, 0.1) is 0 Å². The third-order valence-corrected chi connectivity index (χ3v) is 2.70. The van der Waals surface area contributed by atoms with E-state index in [9.17, 15) is 0 Å². The fourth-order valence-electron chi connectivity index (χ4n) is 0.818. The Bertz CT molecular complexity index is 86.6. The Morgan fingerprint density at radius 3 is 2.50 bits per heavy atom. The van der Waals surface area contributed by atoms with Gasteiger partial charge in [0.1, 0.15) is 0 Å². The molecule has 74 valence electrons. The van der Waals surface area contributed by atoms with Gasteiger partial charge in [0, 0.05) is 25.4 Å². The molecule has 12 heavy (non-hydrogen) atoms. The average Bonchev–Trinajstić information content (AvgIpc) is 2.02. The third-order valence-electron chi connectivity index (χ3n) is 1.51. The largest absolute Gasteiger partial charge is 0.315 e. The lowest BCUT2D eigenvalue weighted by Gasteiger charge is -2.09. The minimum atomic E-state index is 1.11. The van der Waals surface area contributed by atoms with Gasteiger partial charge < -0.3 is 10.2 Å². The summed E-state index contributed by atoms with van der Waals surface area (Å²) < 4.78 is 0. The van der Waals surface area contributed by atoms with Crippen molar-refractivity contribution in [2.75, 3.05) is 45.2 Å². The van der Waals surface area contributed by atoms with Crippen LogP contribution in [-0.4, -0.2) is 50.1 Å². The minimum absolute atomic E-state index is 1.11. The normalized spacial score (nSPS) is 11.0. The molecule has 0 saturated heterocycles. The fraction of sp³-hybridized carbons (Fsp3) is 1.00. The van der Waals surface area contributed by atoms with Crippen LogP contribution in [0.4, 0.5) is 0 Å². The molecule has 0 atom stereocenters. The number of nitrogens with zero attached hydrogens (tertiary/aromatic N) is 1. The van der Waals surface area contributed by atoms with Gasteiger partial charge in [-0.3, -0.25) is 0 Å². The lowest BCUT2D eigenvalue weighted by molar-refractivity contribution is 0.403. The number of rotatable bonds is 8. The quantitative estimate of drug-likeness (QED) is 0.581. The van der Waals surface area contributed by atoms with Crippen LogP contribution in [0.15, 0.2) is 0 Å². The summed E-state index contributed by atoms with van der Waals surface area (Å²) in [6, 6.07) is 0. The Labute approximate surface area is 81.1 Å². The van der Waals surface area contributed by atoms with Crippen LogP contribution < -0.4 is 5.32 Å². The van der Waals surface area contributed by atoms with E-state index in [2.05, 4.69) is 31.2 Å². The highest BCUT2D eigenvalue weighted by molar-refractivity contribution is 7.99. The summed E-state index contributed by atoms with van der Waals surface area (Å²) >= 11 is 2.04. The highest BCUT2D eigenvalue weighted by atomic mass is 32.2. The van der Waals surface area contributed by atoms with Crippen LogP contribution in [0.5, 0.6) is 0 Å². The van der Waals surface area contributed by atoms with Gasteiger partial charge in [0.2, 0.25) is 0 Å². The fourth-order valence-corrected chi connectivity index (χ4v) is 1.60. The molecular formula is C9H22N2S. The molecule has 0 aliphatic heterocycles. The molecule has 0 aromatic carbocycles. The molecule has 0 heterocycles. The van der Waals surface area contributed by atoms with Crippen molar-refractivity contribution in [2.24, 2.45) is 0 Å². The topological polar surface area (TPSA) is 15.3 Å². The number of thioether (sulfide) groups is 1. The first-order valence-corrected chi connectivity index (χ1v) is 5.86. The number of hydrogen-bond acceptors (Lipinski definition) is 3. The smallest absolute Gasteiger partial charge is 0.0101 e. The van der Waals surface area contributed by atoms with E-state index in [1.165, 1.54) is 17.9 Å². The molecule has 0 amide bonds. The van der Waals surface area contributed by atoms with Crippen LogP contribution >= 0.6 is 11.8 Å². The first kappa shape index (κ1) is 12.3. The molecule has 0 radical (unpaired) electrons. The van der Waals surface area contributed by atoms with Crippen LogP contribution in [0.3, 0.4) is 0 Å². The summed E-state index contributed by atoms with van der Waals surface area (Å²) in [5, 5.41) is 3.41.